The van der Waals surface area contributed by atoms with Gasteiger partial charge in [-0.2, -0.15) is 0 Å². The fourth-order valence-electron chi connectivity index (χ4n) is 3.19. The smallest absolute Gasteiger partial charge is 0.243 e. The Hall–Kier alpha value is -2.27. The summed E-state index contributed by atoms with van der Waals surface area (Å²) in [6, 6.07) is 15.8. The Morgan fingerprint density at radius 1 is 1.00 bits per heavy atom. The maximum Gasteiger partial charge on any atom is 0.243 e. The third-order valence-electron chi connectivity index (χ3n) is 5.37. The van der Waals surface area contributed by atoms with Crippen molar-refractivity contribution in [2.75, 3.05) is 5.75 Å². The summed E-state index contributed by atoms with van der Waals surface area (Å²) in [5.41, 5.74) is 3.39. The zero-order chi connectivity index (χ0) is 22.1. The highest BCUT2D eigenvalue weighted by Gasteiger charge is 2.29. The molecule has 4 nitrogen and oxygen atoms in total. The fraction of sp³-hybridized carbons (Fsp3) is 0.440. The van der Waals surface area contributed by atoms with Crippen molar-refractivity contribution in [3.8, 4) is 0 Å². The molecule has 2 rings (SSSR count). The second-order valence-electron chi connectivity index (χ2n) is 7.79. The first-order valence-corrected chi connectivity index (χ1v) is 11.7. The van der Waals surface area contributed by atoms with Crippen LogP contribution in [0.3, 0.4) is 0 Å². The van der Waals surface area contributed by atoms with Gasteiger partial charge in [0.15, 0.2) is 0 Å². The number of hydrogen-bond acceptors (Lipinski definition) is 3. The second-order valence-corrected chi connectivity index (χ2v) is 8.84. The molecule has 162 valence electrons. The lowest BCUT2D eigenvalue weighted by molar-refractivity contribution is -0.139. The van der Waals surface area contributed by atoms with Crippen LogP contribution in [0.1, 0.15) is 50.3 Å². The summed E-state index contributed by atoms with van der Waals surface area (Å²) in [5, 5.41) is 3.06. The van der Waals surface area contributed by atoms with Crippen molar-refractivity contribution in [3.05, 3.63) is 65.2 Å². The van der Waals surface area contributed by atoms with E-state index in [9.17, 15) is 9.59 Å². The first-order chi connectivity index (χ1) is 14.3. The van der Waals surface area contributed by atoms with E-state index in [0.29, 0.717) is 18.7 Å². The molecule has 0 fully saturated rings. The van der Waals surface area contributed by atoms with Gasteiger partial charge in [0.05, 0.1) is 5.75 Å². The van der Waals surface area contributed by atoms with Crippen LogP contribution in [0.25, 0.3) is 0 Å². The maximum atomic E-state index is 13.3. The predicted molar refractivity (Wildman–Crippen MR) is 126 cm³/mol. The quantitative estimate of drug-likeness (QED) is 0.537. The number of rotatable bonds is 10. The van der Waals surface area contributed by atoms with Crippen molar-refractivity contribution in [1.82, 2.24) is 10.2 Å². The highest BCUT2D eigenvalue weighted by atomic mass is 32.2. The molecule has 0 radical (unpaired) electrons. The summed E-state index contributed by atoms with van der Waals surface area (Å²) in [6.45, 7) is 10.5. The Kier molecular flexibility index (Phi) is 9.44. The van der Waals surface area contributed by atoms with Gasteiger partial charge < -0.3 is 10.2 Å². The standard InChI is InChI=1S/C25H34N2O2S/c1-6-20(5)26-25(29)23(7-2)27(16-21-11-9-8-10-19(21)4)24(28)17-30-22-14-12-18(3)13-15-22/h8-15,20,23H,6-7,16-17H2,1-5H3,(H,26,29). The van der Waals surface area contributed by atoms with Crippen LogP contribution in [0.15, 0.2) is 53.4 Å². The van der Waals surface area contributed by atoms with Gasteiger partial charge in [0.25, 0.3) is 0 Å². The lowest BCUT2D eigenvalue weighted by Crippen LogP contribution is -2.51. The van der Waals surface area contributed by atoms with Gasteiger partial charge in [-0.15, -0.1) is 11.8 Å². The van der Waals surface area contributed by atoms with Crippen LogP contribution in [0.2, 0.25) is 0 Å². The van der Waals surface area contributed by atoms with E-state index in [0.717, 1.165) is 22.4 Å². The van der Waals surface area contributed by atoms with E-state index < -0.39 is 6.04 Å². The summed E-state index contributed by atoms with van der Waals surface area (Å²) in [6.07, 6.45) is 1.44. The molecule has 2 atom stereocenters. The Balaban J connectivity index is 2.21. The molecule has 0 heterocycles. The molecule has 2 aromatic carbocycles. The average Bonchev–Trinajstić information content (AvgIpc) is 2.74. The normalized spacial score (nSPS) is 12.8. The molecule has 2 amide bonds. The monoisotopic (exact) mass is 426 g/mol. The summed E-state index contributed by atoms with van der Waals surface area (Å²) >= 11 is 1.52. The van der Waals surface area contributed by atoms with Crippen molar-refractivity contribution >= 4 is 23.6 Å². The molecule has 0 aromatic heterocycles. The number of benzene rings is 2. The van der Waals surface area contributed by atoms with E-state index in [-0.39, 0.29) is 17.9 Å². The molecule has 0 bridgehead atoms. The molecule has 30 heavy (non-hydrogen) atoms. The van der Waals surface area contributed by atoms with Gasteiger partial charge in [-0.1, -0.05) is 55.8 Å². The topological polar surface area (TPSA) is 49.4 Å². The van der Waals surface area contributed by atoms with Gasteiger partial charge in [-0.3, -0.25) is 9.59 Å². The molecular weight excluding hydrogens is 392 g/mol. The number of nitrogens with one attached hydrogen (secondary N) is 1. The zero-order valence-corrected chi connectivity index (χ0v) is 19.6. The Morgan fingerprint density at radius 3 is 2.27 bits per heavy atom. The van der Waals surface area contributed by atoms with Crippen molar-refractivity contribution in [3.63, 3.8) is 0 Å². The number of carbonyl (C=O) groups excluding carboxylic acids is 2. The van der Waals surface area contributed by atoms with Gasteiger partial charge in [0, 0.05) is 17.5 Å². The minimum atomic E-state index is -0.482. The van der Waals surface area contributed by atoms with Crippen LogP contribution in [0.4, 0.5) is 0 Å². The number of thioether (sulfide) groups is 1. The van der Waals surface area contributed by atoms with E-state index in [1.165, 1.54) is 17.3 Å². The Morgan fingerprint density at radius 2 is 1.67 bits per heavy atom. The summed E-state index contributed by atoms with van der Waals surface area (Å²) < 4.78 is 0. The van der Waals surface area contributed by atoms with Crippen LogP contribution in [-0.2, 0) is 16.1 Å². The zero-order valence-electron chi connectivity index (χ0n) is 18.8. The van der Waals surface area contributed by atoms with E-state index in [4.69, 9.17) is 0 Å². The van der Waals surface area contributed by atoms with Crippen molar-refractivity contribution < 1.29 is 9.59 Å². The number of carbonyl (C=O) groups is 2. The molecule has 2 unspecified atom stereocenters. The number of aryl methyl sites for hydroxylation is 2. The highest BCUT2D eigenvalue weighted by molar-refractivity contribution is 8.00. The number of nitrogens with zero attached hydrogens (tertiary/aromatic N) is 1. The van der Waals surface area contributed by atoms with Crippen LogP contribution < -0.4 is 5.32 Å². The average molecular weight is 427 g/mol. The molecule has 1 N–H and O–H groups in total. The molecule has 0 saturated heterocycles. The molecule has 0 spiro atoms. The van der Waals surface area contributed by atoms with Crippen molar-refractivity contribution in [2.24, 2.45) is 0 Å². The molecule has 5 heteroatoms. The first-order valence-electron chi connectivity index (χ1n) is 10.7. The van der Waals surface area contributed by atoms with Gasteiger partial charge >= 0.3 is 0 Å². The third-order valence-corrected chi connectivity index (χ3v) is 6.37. The molecule has 0 aliphatic heterocycles. The molecule has 0 aliphatic rings. The summed E-state index contributed by atoms with van der Waals surface area (Å²) in [7, 11) is 0. The lowest BCUT2D eigenvalue weighted by atomic mass is 10.1. The van der Waals surface area contributed by atoms with Gasteiger partial charge in [-0.25, -0.2) is 0 Å². The van der Waals surface area contributed by atoms with Gasteiger partial charge in [0.2, 0.25) is 11.8 Å². The molecule has 0 saturated carbocycles. The number of amides is 2. The Labute approximate surface area is 185 Å². The van der Waals surface area contributed by atoms with E-state index in [1.54, 1.807) is 4.90 Å². The minimum absolute atomic E-state index is 0.0185. The summed E-state index contributed by atoms with van der Waals surface area (Å²) in [4.78, 5) is 29.1. The lowest BCUT2D eigenvalue weighted by Gasteiger charge is -2.32. The van der Waals surface area contributed by atoms with Crippen molar-refractivity contribution in [1.29, 1.82) is 0 Å². The van der Waals surface area contributed by atoms with E-state index in [2.05, 4.69) is 5.32 Å². The van der Waals surface area contributed by atoms with Crippen LogP contribution in [0.5, 0.6) is 0 Å². The SMILES string of the molecule is CCC(C)NC(=O)C(CC)N(Cc1ccccc1C)C(=O)CSc1ccc(C)cc1. The van der Waals surface area contributed by atoms with Crippen molar-refractivity contribution in [2.45, 2.75) is 71.0 Å². The second kappa shape index (κ2) is 11.8. The minimum Gasteiger partial charge on any atom is -0.352 e. The van der Waals surface area contributed by atoms with Gasteiger partial charge in [0.1, 0.15) is 6.04 Å². The largest absolute Gasteiger partial charge is 0.352 e. The summed E-state index contributed by atoms with van der Waals surface area (Å²) in [5.74, 6) is 0.214. The predicted octanol–water partition coefficient (Wildman–Crippen LogP) is 5.12. The molecular formula is C25H34N2O2S. The van der Waals surface area contributed by atoms with Crippen LogP contribution in [0, 0.1) is 13.8 Å². The van der Waals surface area contributed by atoms with E-state index in [1.807, 2.05) is 83.1 Å². The third kappa shape index (κ3) is 6.91. The highest BCUT2D eigenvalue weighted by Crippen LogP contribution is 2.21. The maximum absolute atomic E-state index is 13.3. The van der Waals surface area contributed by atoms with Gasteiger partial charge in [-0.05, 0) is 56.9 Å². The van der Waals surface area contributed by atoms with E-state index >= 15 is 0 Å². The van der Waals surface area contributed by atoms with Crippen LogP contribution in [-0.4, -0.2) is 34.6 Å². The molecule has 2 aromatic rings. The fourth-order valence-corrected chi connectivity index (χ4v) is 3.98. The molecule has 0 aliphatic carbocycles. The first kappa shape index (κ1) is 24.0. The Bertz CT molecular complexity index is 835. The van der Waals surface area contributed by atoms with Crippen LogP contribution >= 0.6 is 11.8 Å². The number of hydrogen-bond donors (Lipinski definition) is 1.